The Balaban J connectivity index is 1.95. The van der Waals surface area contributed by atoms with Crippen LogP contribution >= 0.6 is 0 Å². The summed E-state index contributed by atoms with van der Waals surface area (Å²) in [5, 5.41) is 13.5. The maximum Gasteiger partial charge on any atom is 0.338 e. The number of nitrogens with zero attached hydrogens (tertiary/aromatic N) is 1. The molecule has 0 unspecified atom stereocenters. The third-order valence-corrected chi connectivity index (χ3v) is 4.08. The number of nitro benzene ring substituents is 1. The topological polar surface area (TPSA) is 116 Å². The van der Waals surface area contributed by atoms with E-state index >= 15 is 0 Å². The Hall–Kier alpha value is -3.55. The first kappa shape index (κ1) is 20.8. The summed E-state index contributed by atoms with van der Waals surface area (Å²) in [6, 6.07) is 12.4. The van der Waals surface area contributed by atoms with Crippen LogP contribution in [0.5, 0.6) is 0 Å². The standard InChI is InChI=1S/C20H20N2O6/c1-13-8-9-16(11-18(13)22(26)27)20(25)28-12-19(24)21-17(14(2)23)10-15-6-4-3-5-7-15/h3-9,11,17H,10,12H2,1-2H3,(H,21,24)/t17-/m1/s1. The van der Waals surface area contributed by atoms with Crippen LogP contribution < -0.4 is 5.32 Å². The monoisotopic (exact) mass is 384 g/mol. The van der Waals surface area contributed by atoms with Crippen LogP contribution in [-0.4, -0.2) is 35.2 Å². The van der Waals surface area contributed by atoms with Crippen molar-refractivity contribution in [1.82, 2.24) is 5.32 Å². The summed E-state index contributed by atoms with van der Waals surface area (Å²) < 4.78 is 4.91. The average Bonchev–Trinajstić information content (AvgIpc) is 2.66. The molecule has 8 heteroatoms. The molecule has 146 valence electrons. The molecule has 28 heavy (non-hydrogen) atoms. The molecule has 1 atom stereocenters. The summed E-state index contributed by atoms with van der Waals surface area (Å²) in [6.07, 6.45) is 0.319. The number of carbonyl (C=O) groups excluding carboxylic acids is 3. The van der Waals surface area contributed by atoms with Gasteiger partial charge >= 0.3 is 5.97 Å². The molecule has 1 N–H and O–H groups in total. The molecule has 1 amide bonds. The van der Waals surface area contributed by atoms with Gasteiger partial charge in [0.1, 0.15) is 0 Å². The Kier molecular flexibility index (Phi) is 6.97. The highest BCUT2D eigenvalue weighted by Crippen LogP contribution is 2.19. The van der Waals surface area contributed by atoms with Crippen LogP contribution in [0.2, 0.25) is 0 Å². The van der Waals surface area contributed by atoms with Gasteiger partial charge in [0.2, 0.25) is 0 Å². The highest BCUT2D eigenvalue weighted by molar-refractivity contribution is 5.93. The van der Waals surface area contributed by atoms with Gasteiger partial charge in [0.15, 0.2) is 12.4 Å². The van der Waals surface area contributed by atoms with Gasteiger partial charge in [-0.25, -0.2) is 4.79 Å². The Morgan fingerprint density at radius 1 is 1.14 bits per heavy atom. The summed E-state index contributed by atoms with van der Waals surface area (Å²) in [5.74, 6) is -1.72. The van der Waals surface area contributed by atoms with Crippen molar-refractivity contribution in [2.24, 2.45) is 0 Å². The molecule has 0 bridgehead atoms. The predicted molar refractivity (Wildman–Crippen MR) is 101 cm³/mol. The van der Waals surface area contributed by atoms with Gasteiger partial charge in [0, 0.05) is 11.6 Å². The molecule has 2 aromatic rings. The van der Waals surface area contributed by atoms with Gasteiger partial charge in [-0.15, -0.1) is 0 Å². The lowest BCUT2D eigenvalue weighted by molar-refractivity contribution is -0.385. The molecule has 0 fully saturated rings. The highest BCUT2D eigenvalue weighted by atomic mass is 16.6. The van der Waals surface area contributed by atoms with Crippen LogP contribution in [0.3, 0.4) is 0 Å². The molecule has 0 radical (unpaired) electrons. The van der Waals surface area contributed by atoms with E-state index in [4.69, 9.17) is 4.74 Å². The number of hydrogen-bond donors (Lipinski definition) is 1. The zero-order chi connectivity index (χ0) is 20.7. The van der Waals surface area contributed by atoms with Crippen molar-refractivity contribution in [2.45, 2.75) is 26.3 Å². The van der Waals surface area contributed by atoms with E-state index < -0.39 is 29.4 Å². The third kappa shape index (κ3) is 5.73. The van der Waals surface area contributed by atoms with Crippen LogP contribution in [0.25, 0.3) is 0 Å². The molecule has 0 aliphatic heterocycles. The van der Waals surface area contributed by atoms with Gasteiger partial charge < -0.3 is 10.1 Å². The number of Topliss-reactive ketones (excluding diaryl/α,β-unsaturated/α-hetero) is 1. The molecule has 0 aliphatic rings. The maximum atomic E-state index is 12.1. The number of carbonyl (C=O) groups is 3. The lowest BCUT2D eigenvalue weighted by Crippen LogP contribution is -2.43. The van der Waals surface area contributed by atoms with Crippen LogP contribution in [0.4, 0.5) is 5.69 Å². The molecule has 0 aliphatic carbocycles. The number of hydrogen-bond acceptors (Lipinski definition) is 6. The summed E-state index contributed by atoms with van der Waals surface area (Å²) in [5.41, 5.74) is 1.05. The summed E-state index contributed by atoms with van der Waals surface area (Å²) >= 11 is 0. The van der Waals surface area contributed by atoms with Crippen LogP contribution in [0.15, 0.2) is 48.5 Å². The zero-order valence-electron chi connectivity index (χ0n) is 15.5. The number of ether oxygens (including phenoxy) is 1. The van der Waals surface area contributed by atoms with E-state index in [1.165, 1.54) is 19.1 Å². The Morgan fingerprint density at radius 3 is 2.43 bits per heavy atom. The van der Waals surface area contributed by atoms with E-state index in [0.717, 1.165) is 11.6 Å². The quantitative estimate of drug-likeness (QED) is 0.424. The fourth-order valence-electron chi connectivity index (χ4n) is 2.53. The van der Waals surface area contributed by atoms with E-state index in [9.17, 15) is 24.5 Å². The van der Waals surface area contributed by atoms with E-state index in [1.54, 1.807) is 6.92 Å². The molecule has 8 nitrogen and oxygen atoms in total. The third-order valence-electron chi connectivity index (χ3n) is 4.08. The first-order valence-electron chi connectivity index (χ1n) is 8.54. The number of esters is 1. The minimum atomic E-state index is -0.860. The number of aryl methyl sites for hydroxylation is 1. The number of nitrogens with one attached hydrogen (secondary N) is 1. The van der Waals surface area contributed by atoms with Crippen molar-refractivity contribution in [3.63, 3.8) is 0 Å². The molecule has 2 rings (SSSR count). The van der Waals surface area contributed by atoms with Crippen molar-refractivity contribution >= 4 is 23.3 Å². The molecule has 0 saturated heterocycles. The number of rotatable bonds is 8. The summed E-state index contributed by atoms with van der Waals surface area (Å²) in [4.78, 5) is 46.3. The van der Waals surface area contributed by atoms with Gasteiger partial charge in [0.05, 0.1) is 16.5 Å². The van der Waals surface area contributed by atoms with Gasteiger partial charge in [-0.1, -0.05) is 36.4 Å². The van der Waals surface area contributed by atoms with Gasteiger partial charge in [-0.3, -0.25) is 19.7 Å². The Morgan fingerprint density at radius 2 is 1.82 bits per heavy atom. The van der Waals surface area contributed by atoms with E-state index in [-0.39, 0.29) is 17.0 Å². The van der Waals surface area contributed by atoms with Crippen molar-refractivity contribution in [3.8, 4) is 0 Å². The fourth-order valence-corrected chi connectivity index (χ4v) is 2.53. The van der Waals surface area contributed by atoms with Gasteiger partial charge in [-0.2, -0.15) is 0 Å². The molecule has 0 aromatic heterocycles. The Labute approximate surface area is 161 Å². The van der Waals surface area contributed by atoms with E-state index in [1.807, 2.05) is 30.3 Å². The molecule has 0 heterocycles. The normalized spacial score (nSPS) is 11.4. The molecule has 2 aromatic carbocycles. The molecular formula is C20H20N2O6. The van der Waals surface area contributed by atoms with Crippen molar-refractivity contribution in [3.05, 3.63) is 75.3 Å². The smallest absolute Gasteiger partial charge is 0.338 e. The molecule has 0 spiro atoms. The van der Waals surface area contributed by atoms with Gasteiger partial charge in [0.25, 0.3) is 11.6 Å². The first-order valence-corrected chi connectivity index (χ1v) is 8.54. The van der Waals surface area contributed by atoms with Crippen LogP contribution in [-0.2, 0) is 20.7 Å². The summed E-state index contributed by atoms with van der Waals surface area (Å²) in [7, 11) is 0. The first-order chi connectivity index (χ1) is 13.3. The number of nitro groups is 1. The maximum absolute atomic E-state index is 12.1. The minimum absolute atomic E-state index is 0.0301. The van der Waals surface area contributed by atoms with Crippen molar-refractivity contribution in [2.75, 3.05) is 6.61 Å². The lowest BCUT2D eigenvalue weighted by Gasteiger charge is -2.16. The van der Waals surface area contributed by atoms with E-state index in [0.29, 0.717) is 12.0 Å². The number of ketones is 1. The number of benzene rings is 2. The largest absolute Gasteiger partial charge is 0.452 e. The van der Waals surface area contributed by atoms with Crippen LogP contribution in [0.1, 0.15) is 28.4 Å². The lowest BCUT2D eigenvalue weighted by atomic mass is 10.0. The highest BCUT2D eigenvalue weighted by Gasteiger charge is 2.20. The Bertz CT molecular complexity index is 895. The van der Waals surface area contributed by atoms with Crippen molar-refractivity contribution < 1.29 is 24.0 Å². The molecule has 0 saturated carbocycles. The van der Waals surface area contributed by atoms with Gasteiger partial charge in [-0.05, 0) is 31.9 Å². The van der Waals surface area contributed by atoms with E-state index in [2.05, 4.69) is 5.32 Å². The fraction of sp³-hybridized carbons (Fsp3) is 0.250. The second-order valence-corrected chi connectivity index (χ2v) is 6.25. The molecular weight excluding hydrogens is 364 g/mol. The number of amides is 1. The summed E-state index contributed by atoms with van der Waals surface area (Å²) in [6.45, 7) is 2.32. The SMILES string of the molecule is CC(=O)[C@@H](Cc1ccccc1)NC(=O)COC(=O)c1ccc(C)c([N+](=O)[O-])c1. The second kappa shape index (κ2) is 9.40. The van der Waals surface area contributed by atoms with Crippen molar-refractivity contribution in [1.29, 1.82) is 0 Å². The second-order valence-electron chi connectivity index (χ2n) is 6.25. The zero-order valence-corrected chi connectivity index (χ0v) is 15.5. The predicted octanol–water partition coefficient (Wildman–Crippen LogP) is 2.38. The average molecular weight is 384 g/mol. The van der Waals surface area contributed by atoms with Crippen LogP contribution in [0, 0.1) is 17.0 Å². The minimum Gasteiger partial charge on any atom is -0.452 e.